The van der Waals surface area contributed by atoms with Gasteiger partial charge in [-0.15, -0.1) is 11.3 Å². The van der Waals surface area contributed by atoms with E-state index in [0.717, 1.165) is 24.6 Å². The lowest BCUT2D eigenvalue weighted by Crippen LogP contribution is -2.26. The average molecular weight is 342 g/mol. The molecule has 1 aromatic heterocycles. The first-order valence-electron chi connectivity index (χ1n) is 7.21. The van der Waals surface area contributed by atoms with Gasteiger partial charge in [-0.05, 0) is 26.2 Å². The molecule has 1 aliphatic heterocycles. The molecule has 0 spiro atoms. The summed E-state index contributed by atoms with van der Waals surface area (Å²) in [6, 6.07) is 4.38. The molecule has 6 nitrogen and oxygen atoms in total. The van der Waals surface area contributed by atoms with Crippen molar-refractivity contribution in [2.75, 3.05) is 32.9 Å². The Bertz CT molecular complexity index is 543. The Hall–Kier alpha value is -1.25. The zero-order valence-electron chi connectivity index (χ0n) is 12.9. The van der Waals surface area contributed by atoms with E-state index in [4.69, 9.17) is 0 Å². The van der Waals surface area contributed by atoms with Gasteiger partial charge in [0.1, 0.15) is 0 Å². The molecular formula is C14H22N4O2S2. The molecule has 2 rings (SSSR count). The van der Waals surface area contributed by atoms with Crippen LogP contribution in [0.3, 0.4) is 0 Å². The minimum atomic E-state index is -0.298. The fraction of sp³-hybridized carbons (Fsp3) is 0.571. The highest BCUT2D eigenvalue weighted by molar-refractivity contribution is 7.98. The molecule has 0 bridgehead atoms. The van der Waals surface area contributed by atoms with Crippen LogP contribution in [-0.2, 0) is 12.3 Å². The topological polar surface area (TPSA) is 70.4 Å². The molecule has 0 radical (unpaired) electrons. The van der Waals surface area contributed by atoms with Crippen molar-refractivity contribution in [3.8, 4) is 0 Å². The predicted octanol–water partition coefficient (Wildman–Crippen LogP) is 2.07. The number of thioether (sulfide) groups is 1. The molecule has 22 heavy (non-hydrogen) atoms. The molecule has 8 heteroatoms. The lowest BCUT2D eigenvalue weighted by molar-refractivity contribution is -0.427. The fourth-order valence-electron chi connectivity index (χ4n) is 2.20. The van der Waals surface area contributed by atoms with Crippen LogP contribution >= 0.6 is 23.1 Å². The molecule has 0 atom stereocenters. The zero-order valence-corrected chi connectivity index (χ0v) is 14.6. The number of thiophene rings is 1. The third-order valence-corrected chi connectivity index (χ3v) is 5.42. The van der Waals surface area contributed by atoms with Gasteiger partial charge in [-0.3, -0.25) is 10.1 Å². The number of nitro groups is 1. The summed E-state index contributed by atoms with van der Waals surface area (Å²) < 4.78 is 0. The van der Waals surface area contributed by atoms with Gasteiger partial charge in [-0.25, -0.2) is 0 Å². The summed E-state index contributed by atoms with van der Waals surface area (Å²) in [6.45, 7) is 2.37. The molecule has 2 heterocycles. The molecule has 0 saturated heterocycles. The summed E-state index contributed by atoms with van der Waals surface area (Å²) in [5.41, 5.74) is 0.275. The molecule has 0 amide bonds. The predicted molar refractivity (Wildman–Crippen MR) is 92.5 cm³/mol. The Morgan fingerprint density at radius 2 is 2.23 bits per heavy atom. The third-order valence-electron chi connectivity index (χ3n) is 3.15. The maximum atomic E-state index is 10.8. The second-order valence-corrected chi connectivity index (χ2v) is 7.70. The van der Waals surface area contributed by atoms with Crippen LogP contribution in [0.1, 0.15) is 16.2 Å². The number of hydrogen-bond acceptors (Lipinski definition) is 7. The van der Waals surface area contributed by atoms with Crippen LogP contribution in [0.2, 0.25) is 0 Å². The van der Waals surface area contributed by atoms with Crippen molar-refractivity contribution in [1.29, 1.82) is 0 Å². The standard InChI is InChI=1S/C14H22N4O2S2/c1-17(2)9-11-3-4-12(22-11)10-21-8-7-16-14-13(18(19)20)5-6-15-14/h3-4,15-16H,5-10H2,1-2H3. The van der Waals surface area contributed by atoms with E-state index < -0.39 is 0 Å². The van der Waals surface area contributed by atoms with Crippen LogP contribution in [0.25, 0.3) is 0 Å². The minimum Gasteiger partial charge on any atom is -0.366 e. The van der Waals surface area contributed by atoms with Crippen molar-refractivity contribution in [2.45, 2.75) is 18.7 Å². The van der Waals surface area contributed by atoms with Crippen LogP contribution < -0.4 is 10.6 Å². The molecule has 0 fully saturated rings. The average Bonchev–Trinajstić information content (AvgIpc) is 3.07. The first-order chi connectivity index (χ1) is 10.6. The number of nitrogens with zero attached hydrogens (tertiary/aromatic N) is 2. The molecule has 2 N–H and O–H groups in total. The summed E-state index contributed by atoms with van der Waals surface area (Å²) in [7, 11) is 4.15. The quantitative estimate of drug-likeness (QED) is 0.407. The van der Waals surface area contributed by atoms with E-state index in [-0.39, 0.29) is 10.6 Å². The van der Waals surface area contributed by atoms with Gasteiger partial charge in [0.25, 0.3) is 5.70 Å². The van der Waals surface area contributed by atoms with E-state index in [1.807, 2.05) is 23.1 Å². The fourth-order valence-corrected chi connectivity index (χ4v) is 4.30. The van der Waals surface area contributed by atoms with E-state index in [1.54, 1.807) is 0 Å². The third kappa shape index (κ3) is 5.19. The Kier molecular flexibility index (Phi) is 6.53. The highest BCUT2D eigenvalue weighted by atomic mass is 32.2. The van der Waals surface area contributed by atoms with Gasteiger partial charge in [-0.1, -0.05) is 0 Å². The van der Waals surface area contributed by atoms with E-state index in [9.17, 15) is 10.1 Å². The van der Waals surface area contributed by atoms with Crippen LogP contribution in [0.15, 0.2) is 23.7 Å². The lowest BCUT2D eigenvalue weighted by atomic mass is 10.4. The van der Waals surface area contributed by atoms with Crippen LogP contribution in [0.4, 0.5) is 0 Å². The van der Waals surface area contributed by atoms with E-state index >= 15 is 0 Å². The monoisotopic (exact) mass is 342 g/mol. The molecule has 1 aliphatic rings. The van der Waals surface area contributed by atoms with E-state index in [1.165, 1.54) is 9.75 Å². The highest BCUT2D eigenvalue weighted by Gasteiger charge is 2.23. The van der Waals surface area contributed by atoms with Gasteiger partial charge in [0, 0.05) is 40.9 Å². The Balaban J connectivity index is 1.66. The normalized spacial score (nSPS) is 14.5. The molecule has 0 saturated carbocycles. The zero-order chi connectivity index (χ0) is 15.9. The lowest BCUT2D eigenvalue weighted by Gasteiger charge is -2.07. The van der Waals surface area contributed by atoms with Gasteiger partial charge in [0.15, 0.2) is 5.82 Å². The minimum absolute atomic E-state index is 0.275. The summed E-state index contributed by atoms with van der Waals surface area (Å²) in [5, 5.41) is 17.0. The first-order valence-corrected chi connectivity index (χ1v) is 9.18. The maximum Gasteiger partial charge on any atom is 0.287 e. The molecule has 1 aromatic rings. The van der Waals surface area contributed by atoms with Crippen LogP contribution in [-0.4, -0.2) is 42.8 Å². The van der Waals surface area contributed by atoms with Gasteiger partial charge in [0.05, 0.1) is 11.3 Å². The van der Waals surface area contributed by atoms with Gasteiger partial charge in [-0.2, -0.15) is 11.8 Å². The van der Waals surface area contributed by atoms with Gasteiger partial charge >= 0.3 is 0 Å². The summed E-state index contributed by atoms with van der Waals surface area (Å²) >= 11 is 3.70. The Morgan fingerprint density at radius 1 is 1.45 bits per heavy atom. The largest absolute Gasteiger partial charge is 0.366 e. The number of rotatable bonds is 9. The Morgan fingerprint density at radius 3 is 2.95 bits per heavy atom. The highest BCUT2D eigenvalue weighted by Crippen LogP contribution is 2.22. The van der Waals surface area contributed by atoms with E-state index in [2.05, 4.69) is 41.8 Å². The van der Waals surface area contributed by atoms with Crippen molar-refractivity contribution in [3.63, 3.8) is 0 Å². The smallest absolute Gasteiger partial charge is 0.287 e. The second kappa shape index (κ2) is 8.40. The van der Waals surface area contributed by atoms with Crippen molar-refractivity contribution < 1.29 is 4.92 Å². The van der Waals surface area contributed by atoms with Gasteiger partial charge < -0.3 is 15.5 Å². The van der Waals surface area contributed by atoms with Crippen LogP contribution in [0, 0.1) is 10.1 Å². The second-order valence-electron chi connectivity index (χ2n) is 5.34. The summed E-state index contributed by atoms with van der Waals surface area (Å²) in [6.07, 6.45) is 0.492. The Labute approximate surface area is 139 Å². The molecule has 0 unspecified atom stereocenters. The molecule has 0 aliphatic carbocycles. The number of nitrogens with one attached hydrogen (secondary N) is 2. The summed E-state index contributed by atoms with van der Waals surface area (Å²) in [5.74, 6) is 2.51. The van der Waals surface area contributed by atoms with Crippen molar-refractivity contribution in [3.05, 3.63) is 43.5 Å². The summed E-state index contributed by atoms with van der Waals surface area (Å²) in [4.78, 5) is 15.5. The van der Waals surface area contributed by atoms with Crippen molar-refractivity contribution in [1.82, 2.24) is 15.5 Å². The van der Waals surface area contributed by atoms with E-state index in [0.29, 0.717) is 18.8 Å². The number of hydrogen-bond donors (Lipinski definition) is 2. The maximum absolute atomic E-state index is 10.8. The van der Waals surface area contributed by atoms with Crippen LogP contribution in [0.5, 0.6) is 0 Å². The van der Waals surface area contributed by atoms with Crippen molar-refractivity contribution in [2.24, 2.45) is 0 Å². The SMILES string of the molecule is CN(C)Cc1ccc(CSCCNC2=C([N+](=O)[O-])CCN2)s1. The molecular weight excluding hydrogens is 320 g/mol. The van der Waals surface area contributed by atoms with Crippen molar-refractivity contribution >= 4 is 23.1 Å². The molecule has 122 valence electrons. The first kappa shape index (κ1) is 17.1. The molecule has 0 aromatic carbocycles. The van der Waals surface area contributed by atoms with Gasteiger partial charge in [0.2, 0.25) is 0 Å².